The fraction of sp³-hybridized carbons (Fsp3) is 0.400. The summed E-state index contributed by atoms with van der Waals surface area (Å²) in [7, 11) is 0. The highest BCUT2D eigenvalue weighted by molar-refractivity contribution is 5.69. The molecule has 108 valence electrons. The summed E-state index contributed by atoms with van der Waals surface area (Å²) in [5.74, 6) is 5.79. The Labute approximate surface area is 119 Å². The van der Waals surface area contributed by atoms with Crippen molar-refractivity contribution < 1.29 is 9.53 Å². The van der Waals surface area contributed by atoms with Crippen molar-refractivity contribution in [2.45, 2.75) is 33.3 Å². The monoisotopic (exact) mass is 275 g/mol. The van der Waals surface area contributed by atoms with E-state index in [9.17, 15) is 4.79 Å². The molecular weight excluding hydrogens is 254 g/mol. The normalized spacial score (nSPS) is 10.4. The highest BCUT2D eigenvalue weighted by atomic mass is 16.6. The molecule has 1 amide bonds. The average molecular weight is 275 g/mol. The van der Waals surface area contributed by atoms with Crippen molar-refractivity contribution in [1.82, 2.24) is 5.32 Å². The highest BCUT2D eigenvalue weighted by Crippen LogP contribution is 2.19. The Kier molecular flexibility index (Phi) is 4.87. The second kappa shape index (κ2) is 6.20. The summed E-state index contributed by atoms with van der Waals surface area (Å²) in [6, 6.07) is 3.51. The van der Waals surface area contributed by atoms with Crippen LogP contribution in [0.3, 0.4) is 0 Å². The van der Waals surface area contributed by atoms with E-state index in [-0.39, 0.29) is 6.54 Å². The van der Waals surface area contributed by atoms with Crippen LogP contribution < -0.4 is 16.8 Å². The number of hydrogen-bond donors (Lipinski definition) is 3. The Morgan fingerprint density at radius 2 is 1.90 bits per heavy atom. The Morgan fingerprint density at radius 3 is 2.50 bits per heavy atom. The first-order valence-corrected chi connectivity index (χ1v) is 6.30. The third-order valence-corrected chi connectivity index (χ3v) is 2.37. The summed E-state index contributed by atoms with van der Waals surface area (Å²) in [5, 5.41) is 2.56. The maximum absolute atomic E-state index is 11.4. The summed E-state index contributed by atoms with van der Waals surface area (Å²) < 4.78 is 5.09. The van der Waals surface area contributed by atoms with Crippen molar-refractivity contribution in [1.29, 1.82) is 0 Å². The van der Waals surface area contributed by atoms with Crippen molar-refractivity contribution in [2.24, 2.45) is 0 Å². The fourth-order valence-electron chi connectivity index (χ4n) is 1.45. The molecule has 5 N–H and O–H groups in total. The second-order valence-electron chi connectivity index (χ2n) is 5.45. The van der Waals surface area contributed by atoms with Gasteiger partial charge in [0.2, 0.25) is 0 Å². The molecule has 0 saturated carbocycles. The number of anilines is 2. The lowest BCUT2D eigenvalue weighted by Gasteiger charge is -2.19. The van der Waals surface area contributed by atoms with E-state index >= 15 is 0 Å². The van der Waals surface area contributed by atoms with Crippen LogP contribution in [0.25, 0.3) is 0 Å². The molecule has 0 aliphatic rings. The summed E-state index contributed by atoms with van der Waals surface area (Å²) in [4.78, 5) is 11.4. The summed E-state index contributed by atoms with van der Waals surface area (Å²) >= 11 is 0. The minimum atomic E-state index is -0.514. The number of carbonyl (C=O) groups excluding carboxylic acids is 1. The third-order valence-electron chi connectivity index (χ3n) is 2.37. The zero-order valence-corrected chi connectivity index (χ0v) is 12.3. The standard InChI is InChI=1S/C15H21N3O2/c1-10-8-12(16)13(17)9-11(10)6-5-7-18-14(19)20-15(2,3)4/h8-9H,7,16-17H2,1-4H3,(H,18,19). The SMILES string of the molecule is Cc1cc(N)c(N)cc1C#CCNC(=O)OC(C)(C)C. The van der Waals surface area contributed by atoms with Gasteiger partial charge in [-0.3, -0.25) is 0 Å². The maximum atomic E-state index is 11.4. The number of amides is 1. The number of rotatable bonds is 1. The molecule has 0 fully saturated rings. The van der Waals surface area contributed by atoms with Crippen molar-refractivity contribution >= 4 is 17.5 Å². The molecule has 5 nitrogen and oxygen atoms in total. The molecule has 0 heterocycles. The van der Waals surface area contributed by atoms with Crippen molar-refractivity contribution in [3.05, 3.63) is 23.3 Å². The quantitative estimate of drug-likeness (QED) is 0.540. The number of benzene rings is 1. The van der Waals surface area contributed by atoms with Crippen LogP contribution >= 0.6 is 0 Å². The smallest absolute Gasteiger partial charge is 0.408 e. The second-order valence-corrected chi connectivity index (χ2v) is 5.45. The lowest BCUT2D eigenvalue weighted by atomic mass is 10.1. The van der Waals surface area contributed by atoms with Gasteiger partial charge in [0, 0.05) is 5.56 Å². The largest absolute Gasteiger partial charge is 0.444 e. The Balaban J connectivity index is 2.60. The Morgan fingerprint density at radius 1 is 1.30 bits per heavy atom. The van der Waals surface area contributed by atoms with E-state index < -0.39 is 11.7 Å². The molecule has 5 heteroatoms. The highest BCUT2D eigenvalue weighted by Gasteiger charge is 2.14. The molecule has 20 heavy (non-hydrogen) atoms. The molecule has 1 aromatic carbocycles. The zero-order valence-electron chi connectivity index (χ0n) is 12.3. The molecule has 0 radical (unpaired) electrons. The molecule has 0 aromatic heterocycles. The van der Waals surface area contributed by atoms with Crippen LogP contribution in [0, 0.1) is 18.8 Å². The number of alkyl carbamates (subject to hydrolysis) is 1. The van der Waals surface area contributed by atoms with Crippen LogP contribution in [0.5, 0.6) is 0 Å². The van der Waals surface area contributed by atoms with Crippen LogP contribution in [0.2, 0.25) is 0 Å². The van der Waals surface area contributed by atoms with Gasteiger partial charge in [0.05, 0.1) is 17.9 Å². The van der Waals surface area contributed by atoms with Crippen molar-refractivity contribution in [2.75, 3.05) is 18.0 Å². The number of hydrogen-bond acceptors (Lipinski definition) is 4. The first-order chi connectivity index (χ1) is 9.19. The van der Waals surface area contributed by atoms with Crippen molar-refractivity contribution in [3.8, 4) is 11.8 Å². The van der Waals surface area contributed by atoms with E-state index in [1.54, 1.807) is 32.9 Å². The number of nitrogen functional groups attached to an aromatic ring is 2. The van der Waals surface area contributed by atoms with Gasteiger partial charge in [-0.25, -0.2) is 4.79 Å². The van der Waals surface area contributed by atoms with Crippen LogP contribution in [-0.4, -0.2) is 18.2 Å². The van der Waals surface area contributed by atoms with Crippen LogP contribution in [0.4, 0.5) is 16.2 Å². The van der Waals surface area contributed by atoms with E-state index in [0.29, 0.717) is 11.4 Å². The minimum Gasteiger partial charge on any atom is -0.444 e. The number of nitrogens with two attached hydrogens (primary N) is 2. The number of nitrogens with one attached hydrogen (secondary N) is 1. The fourth-order valence-corrected chi connectivity index (χ4v) is 1.45. The first-order valence-electron chi connectivity index (χ1n) is 6.30. The zero-order chi connectivity index (χ0) is 15.3. The van der Waals surface area contributed by atoms with E-state index in [1.807, 2.05) is 6.92 Å². The van der Waals surface area contributed by atoms with Gasteiger partial charge >= 0.3 is 6.09 Å². The number of aryl methyl sites for hydroxylation is 1. The third kappa shape index (κ3) is 5.11. The molecule has 1 rings (SSSR count). The van der Waals surface area contributed by atoms with Crippen LogP contribution in [0.1, 0.15) is 31.9 Å². The summed E-state index contributed by atoms with van der Waals surface area (Å²) in [5.41, 5.74) is 13.7. The topological polar surface area (TPSA) is 90.4 Å². The average Bonchev–Trinajstić information content (AvgIpc) is 2.28. The van der Waals surface area contributed by atoms with E-state index in [2.05, 4.69) is 17.2 Å². The first kappa shape index (κ1) is 15.7. The number of carbonyl (C=O) groups is 1. The molecule has 0 unspecified atom stereocenters. The van der Waals surface area contributed by atoms with E-state index in [4.69, 9.17) is 16.2 Å². The van der Waals surface area contributed by atoms with Gasteiger partial charge in [0.15, 0.2) is 0 Å². The van der Waals surface area contributed by atoms with E-state index in [0.717, 1.165) is 11.1 Å². The van der Waals surface area contributed by atoms with Gasteiger partial charge in [-0.1, -0.05) is 11.8 Å². The lowest BCUT2D eigenvalue weighted by Crippen LogP contribution is -2.32. The Bertz CT molecular complexity index is 563. The molecule has 0 spiro atoms. The van der Waals surface area contributed by atoms with Gasteiger partial charge in [-0.2, -0.15) is 0 Å². The summed E-state index contributed by atoms with van der Waals surface area (Å²) in [6.07, 6.45) is -0.486. The molecule has 0 aliphatic carbocycles. The van der Waals surface area contributed by atoms with Crippen LogP contribution in [0.15, 0.2) is 12.1 Å². The van der Waals surface area contributed by atoms with Gasteiger partial charge in [-0.05, 0) is 45.4 Å². The van der Waals surface area contributed by atoms with Crippen molar-refractivity contribution in [3.63, 3.8) is 0 Å². The molecule has 0 saturated heterocycles. The maximum Gasteiger partial charge on any atom is 0.408 e. The van der Waals surface area contributed by atoms with Gasteiger partial charge in [0.1, 0.15) is 5.60 Å². The van der Waals surface area contributed by atoms with Crippen LogP contribution in [-0.2, 0) is 4.74 Å². The predicted octanol–water partition coefficient (Wildman–Crippen LogP) is 2.04. The molecule has 0 aliphatic heterocycles. The molecular formula is C15H21N3O2. The summed E-state index contributed by atoms with van der Waals surface area (Å²) in [6.45, 7) is 7.52. The lowest BCUT2D eigenvalue weighted by molar-refractivity contribution is 0.0535. The number of ether oxygens (including phenoxy) is 1. The van der Waals surface area contributed by atoms with Gasteiger partial charge < -0.3 is 21.5 Å². The predicted molar refractivity (Wildman–Crippen MR) is 81.1 cm³/mol. The van der Waals surface area contributed by atoms with Gasteiger partial charge in [-0.15, -0.1) is 0 Å². The molecule has 1 aromatic rings. The molecule has 0 bridgehead atoms. The molecule has 0 atom stereocenters. The Hall–Kier alpha value is -2.35. The van der Waals surface area contributed by atoms with E-state index in [1.165, 1.54) is 0 Å². The minimum absolute atomic E-state index is 0.207. The van der Waals surface area contributed by atoms with Gasteiger partial charge in [0.25, 0.3) is 0 Å².